The van der Waals surface area contributed by atoms with Crippen LogP contribution in [0.1, 0.15) is 12.0 Å². The molecule has 4 aromatic rings. The van der Waals surface area contributed by atoms with E-state index in [1.165, 1.54) is 17.7 Å². The molecule has 8 heteroatoms. The van der Waals surface area contributed by atoms with E-state index in [4.69, 9.17) is 0 Å². The van der Waals surface area contributed by atoms with Gasteiger partial charge in [-0.15, -0.1) is 15.3 Å². The van der Waals surface area contributed by atoms with Gasteiger partial charge in [0.1, 0.15) is 6.33 Å². The Labute approximate surface area is 129 Å². The summed E-state index contributed by atoms with van der Waals surface area (Å²) >= 11 is 1.30. The summed E-state index contributed by atoms with van der Waals surface area (Å²) < 4.78 is 1.54. The van der Waals surface area contributed by atoms with Gasteiger partial charge in [0.25, 0.3) is 0 Å². The van der Waals surface area contributed by atoms with E-state index in [1.54, 1.807) is 4.52 Å². The molecule has 0 atom stereocenters. The van der Waals surface area contributed by atoms with Gasteiger partial charge in [-0.3, -0.25) is 4.79 Å². The minimum absolute atomic E-state index is 0.0600. The number of carbonyl (C=O) groups is 1. The van der Waals surface area contributed by atoms with E-state index in [0.29, 0.717) is 22.9 Å². The Balaban J connectivity index is 1.42. The van der Waals surface area contributed by atoms with Crippen molar-refractivity contribution in [2.45, 2.75) is 12.8 Å². The maximum absolute atomic E-state index is 12.0. The number of rotatable bonds is 4. The number of aromatic amines is 1. The highest BCUT2D eigenvalue weighted by Gasteiger charge is 2.10. The van der Waals surface area contributed by atoms with Crippen molar-refractivity contribution < 1.29 is 4.79 Å². The molecule has 0 saturated carbocycles. The molecule has 110 valence electrons. The van der Waals surface area contributed by atoms with E-state index in [9.17, 15) is 4.79 Å². The molecule has 1 amide bonds. The number of para-hydroxylation sites is 1. The summed E-state index contributed by atoms with van der Waals surface area (Å²) in [6.45, 7) is 0. The van der Waals surface area contributed by atoms with Gasteiger partial charge >= 0.3 is 0 Å². The fourth-order valence-corrected chi connectivity index (χ4v) is 3.11. The number of hydrogen-bond acceptors (Lipinski definition) is 5. The second-order valence-corrected chi connectivity index (χ2v) is 5.83. The minimum atomic E-state index is -0.0600. The fraction of sp³-hybridized carbons (Fsp3) is 0.143. The van der Waals surface area contributed by atoms with E-state index in [-0.39, 0.29) is 5.91 Å². The van der Waals surface area contributed by atoms with E-state index in [2.05, 4.69) is 31.7 Å². The third-order valence-electron chi connectivity index (χ3n) is 3.43. The van der Waals surface area contributed by atoms with Crippen molar-refractivity contribution in [1.29, 1.82) is 0 Å². The third kappa shape index (κ3) is 2.33. The van der Waals surface area contributed by atoms with Gasteiger partial charge in [-0.05, 0) is 18.1 Å². The van der Waals surface area contributed by atoms with Crippen LogP contribution in [0, 0.1) is 0 Å². The Morgan fingerprint density at radius 3 is 3.18 bits per heavy atom. The Morgan fingerprint density at radius 1 is 1.36 bits per heavy atom. The molecule has 0 aliphatic rings. The Kier molecular flexibility index (Phi) is 3.08. The van der Waals surface area contributed by atoms with E-state index in [0.717, 1.165) is 16.5 Å². The number of aromatic nitrogens is 5. The largest absolute Gasteiger partial charge is 0.361 e. The lowest BCUT2D eigenvalue weighted by molar-refractivity contribution is -0.116. The molecule has 1 aromatic carbocycles. The molecule has 0 spiro atoms. The first-order valence-electron chi connectivity index (χ1n) is 6.81. The molecule has 0 aliphatic carbocycles. The molecule has 0 saturated heterocycles. The lowest BCUT2D eigenvalue weighted by Gasteiger charge is -2.01. The molecule has 0 aliphatic heterocycles. The molecule has 0 radical (unpaired) electrons. The number of carbonyl (C=O) groups excluding carboxylic acids is 1. The van der Waals surface area contributed by atoms with Gasteiger partial charge in [0, 0.05) is 23.5 Å². The van der Waals surface area contributed by atoms with Crippen molar-refractivity contribution in [2.24, 2.45) is 0 Å². The molecule has 0 unspecified atom stereocenters. The Morgan fingerprint density at radius 2 is 2.27 bits per heavy atom. The first-order valence-corrected chi connectivity index (χ1v) is 7.63. The van der Waals surface area contributed by atoms with Crippen LogP contribution in [0.3, 0.4) is 0 Å². The molecule has 22 heavy (non-hydrogen) atoms. The van der Waals surface area contributed by atoms with Crippen molar-refractivity contribution in [2.75, 3.05) is 5.32 Å². The van der Waals surface area contributed by atoms with Gasteiger partial charge in [0.15, 0.2) is 0 Å². The van der Waals surface area contributed by atoms with Crippen molar-refractivity contribution >= 4 is 38.2 Å². The van der Waals surface area contributed by atoms with Gasteiger partial charge in [-0.25, -0.2) is 0 Å². The molecule has 7 nitrogen and oxygen atoms in total. The standard InChI is InChI=1S/C14H12N6OS/c21-12(17-13-19-20-8-16-18-14(20)22-13)6-5-9-7-15-11-4-2-1-3-10(9)11/h1-4,7-8,15H,5-6H2,(H,17,19,21). The van der Waals surface area contributed by atoms with Crippen molar-refractivity contribution in [3.8, 4) is 0 Å². The maximum atomic E-state index is 12.0. The summed E-state index contributed by atoms with van der Waals surface area (Å²) in [6, 6.07) is 8.07. The number of amides is 1. The van der Waals surface area contributed by atoms with Crippen molar-refractivity contribution in [3.05, 3.63) is 42.4 Å². The van der Waals surface area contributed by atoms with Gasteiger partial charge in [-0.2, -0.15) is 4.52 Å². The lowest BCUT2D eigenvalue weighted by Crippen LogP contribution is -2.12. The number of aryl methyl sites for hydroxylation is 1. The smallest absolute Gasteiger partial charge is 0.236 e. The highest BCUT2D eigenvalue weighted by Crippen LogP contribution is 2.20. The zero-order chi connectivity index (χ0) is 14.9. The maximum Gasteiger partial charge on any atom is 0.236 e. The normalized spacial score (nSPS) is 11.3. The molecular weight excluding hydrogens is 300 g/mol. The van der Waals surface area contributed by atoms with Crippen LogP contribution in [0.15, 0.2) is 36.8 Å². The monoisotopic (exact) mass is 312 g/mol. The molecule has 2 N–H and O–H groups in total. The highest BCUT2D eigenvalue weighted by atomic mass is 32.1. The zero-order valence-corrected chi connectivity index (χ0v) is 12.3. The van der Waals surface area contributed by atoms with Gasteiger partial charge in [-0.1, -0.05) is 29.5 Å². The number of H-pyrrole nitrogens is 1. The highest BCUT2D eigenvalue weighted by molar-refractivity contribution is 7.20. The van der Waals surface area contributed by atoms with Crippen LogP contribution in [0.4, 0.5) is 5.13 Å². The van der Waals surface area contributed by atoms with Crippen LogP contribution >= 0.6 is 11.3 Å². The summed E-state index contributed by atoms with van der Waals surface area (Å²) in [5.74, 6) is -0.0600. The Bertz CT molecular complexity index is 924. The van der Waals surface area contributed by atoms with Crippen molar-refractivity contribution in [1.82, 2.24) is 24.8 Å². The van der Waals surface area contributed by atoms with Crippen molar-refractivity contribution in [3.63, 3.8) is 0 Å². The van der Waals surface area contributed by atoms with E-state index < -0.39 is 0 Å². The number of anilines is 1. The summed E-state index contributed by atoms with van der Waals surface area (Å²) in [4.78, 5) is 15.9. The quantitative estimate of drug-likeness (QED) is 0.605. The first-order chi connectivity index (χ1) is 10.8. The second-order valence-electron chi connectivity index (χ2n) is 4.87. The predicted molar refractivity (Wildman–Crippen MR) is 83.9 cm³/mol. The molecule has 0 bridgehead atoms. The molecule has 3 aromatic heterocycles. The molecule has 3 heterocycles. The fourth-order valence-electron chi connectivity index (χ4n) is 2.38. The summed E-state index contributed by atoms with van der Waals surface area (Å²) in [5, 5.41) is 16.3. The zero-order valence-electron chi connectivity index (χ0n) is 11.5. The van der Waals surface area contributed by atoms with E-state index >= 15 is 0 Å². The third-order valence-corrected chi connectivity index (χ3v) is 4.26. The number of nitrogens with zero attached hydrogens (tertiary/aromatic N) is 4. The van der Waals surface area contributed by atoms with Gasteiger partial charge < -0.3 is 10.3 Å². The van der Waals surface area contributed by atoms with Crippen LogP contribution in [-0.2, 0) is 11.2 Å². The minimum Gasteiger partial charge on any atom is -0.361 e. The van der Waals surface area contributed by atoms with Crippen LogP contribution < -0.4 is 5.32 Å². The number of fused-ring (bicyclic) bond motifs is 2. The predicted octanol–water partition coefficient (Wildman–Crippen LogP) is 2.24. The first kappa shape index (κ1) is 13.0. The molecule has 0 fully saturated rings. The molecule has 4 rings (SSSR count). The van der Waals surface area contributed by atoms with Crippen LogP contribution in [0.25, 0.3) is 15.9 Å². The molecular formula is C14H12N6OS. The Hall–Kier alpha value is -2.74. The summed E-state index contributed by atoms with van der Waals surface area (Å²) in [6.07, 6.45) is 4.55. The second kappa shape index (κ2) is 5.23. The van der Waals surface area contributed by atoms with E-state index in [1.807, 2.05) is 24.4 Å². The van der Waals surface area contributed by atoms with Crippen LogP contribution in [0.5, 0.6) is 0 Å². The summed E-state index contributed by atoms with van der Waals surface area (Å²) in [5.41, 5.74) is 2.23. The number of benzene rings is 1. The van der Waals surface area contributed by atoms with Crippen LogP contribution in [0.2, 0.25) is 0 Å². The average molecular weight is 312 g/mol. The SMILES string of the molecule is O=C(CCc1c[nH]c2ccccc12)Nc1nn2cnnc2s1. The van der Waals surface area contributed by atoms with Gasteiger partial charge in [0.2, 0.25) is 16.0 Å². The van der Waals surface area contributed by atoms with Crippen LogP contribution in [-0.4, -0.2) is 30.7 Å². The lowest BCUT2D eigenvalue weighted by atomic mass is 10.1. The number of nitrogens with one attached hydrogen (secondary N) is 2. The topological polar surface area (TPSA) is 88.0 Å². The number of hydrogen-bond donors (Lipinski definition) is 2. The average Bonchev–Trinajstić information content (AvgIpc) is 3.19. The van der Waals surface area contributed by atoms with Gasteiger partial charge in [0.05, 0.1) is 0 Å². The summed E-state index contributed by atoms with van der Waals surface area (Å²) in [7, 11) is 0.